The van der Waals surface area contributed by atoms with Crippen molar-refractivity contribution in [2.75, 3.05) is 25.1 Å². The number of hydrogen-bond donors (Lipinski definition) is 2. The number of pyridine rings is 1. The molecule has 1 aliphatic carbocycles. The summed E-state index contributed by atoms with van der Waals surface area (Å²) in [7, 11) is 0. The number of halogens is 1. The van der Waals surface area contributed by atoms with Gasteiger partial charge >= 0.3 is 11.8 Å². The van der Waals surface area contributed by atoms with Gasteiger partial charge in [0.15, 0.2) is 11.6 Å². The fourth-order valence-corrected chi connectivity index (χ4v) is 3.23. The minimum Gasteiger partial charge on any atom is -0.490 e. The number of benzene rings is 1. The molecule has 150 valence electrons. The van der Waals surface area contributed by atoms with Crippen LogP contribution in [0.3, 0.4) is 0 Å². The van der Waals surface area contributed by atoms with Crippen molar-refractivity contribution in [3.63, 3.8) is 0 Å². The highest BCUT2D eigenvalue weighted by atomic mass is 19.1. The molecule has 0 saturated heterocycles. The van der Waals surface area contributed by atoms with Gasteiger partial charge in [0.25, 0.3) is 0 Å². The van der Waals surface area contributed by atoms with E-state index in [9.17, 15) is 14.4 Å². The summed E-state index contributed by atoms with van der Waals surface area (Å²) in [5.41, 5.74) is 0.900. The maximum Gasteiger partial charge on any atom is 0.313 e. The Morgan fingerprint density at radius 2 is 2.21 bits per heavy atom. The molecule has 1 aromatic heterocycles. The molecule has 7 heteroatoms. The zero-order chi connectivity index (χ0) is 19.9. The number of ether oxygens (including phenoxy) is 2. The molecule has 1 aromatic carbocycles. The number of hydrogen-bond acceptors (Lipinski definition) is 5. The number of nitrogens with one attached hydrogen (secondary N) is 1. The van der Waals surface area contributed by atoms with E-state index in [0.717, 1.165) is 16.7 Å². The van der Waals surface area contributed by atoms with Gasteiger partial charge in [-0.1, -0.05) is 16.9 Å². The van der Waals surface area contributed by atoms with E-state index in [0.29, 0.717) is 38.4 Å². The van der Waals surface area contributed by atoms with E-state index < -0.39 is 0 Å². The fraction of sp³-hybridized carbons (Fsp3) is 0.429. The smallest absolute Gasteiger partial charge is 0.313 e. The van der Waals surface area contributed by atoms with Crippen LogP contribution in [0.2, 0.25) is 0 Å². The first-order valence-electron chi connectivity index (χ1n) is 9.60. The Morgan fingerprint density at radius 3 is 2.96 bits per heavy atom. The Bertz CT molecular complexity index is 815. The fourth-order valence-electron chi connectivity index (χ4n) is 3.23. The molecule has 0 bridgehead atoms. The molecular weight excluding hydrogens is 363 g/mol. The normalized spacial score (nSPS) is 17.8. The minimum atomic E-state index is -0.386. The molecule has 1 aliphatic rings. The van der Waals surface area contributed by atoms with Crippen LogP contribution in [0, 0.1) is 11.7 Å². The second-order valence-corrected chi connectivity index (χ2v) is 6.86. The summed E-state index contributed by atoms with van der Waals surface area (Å²) in [4.78, 5) is 11.5. The van der Waals surface area contributed by atoms with Gasteiger partial charge in [-0.2, -0.15) is 0 Å². The van der Waals surface area contributed by atoms with E-state index in [1.165, 1.54) is 12.3 Å². The highest BCUT2D eigenvalue weighted by Gasteiger charge is 2.40. The molecule has 1 fully saturated rings. The first-order chi connectivity index (χ1) is 13.6. The summed E-state index contributed by atoms with van der Waals surface area (Å²) < 4.78 is 25.8. The van der Waals surface area contributed by atoms with Crippen LogP contribution in [-0.4, -0.2) is 30.9 Å². The third-order valence-electron chi connectivity index (χ3n) is 4.76. The molecule has 1 saturated carbocycles. The van der Waals surface area contributed by atoms with Crippen LogP contribution in [0.4, 0.5) is 10.2 Å². The molecule has 2 atom stereocenters. The second kappa shape index (κ2) is 9.39. The summed E-state index contributed by atoms with van der Waals surface area (Å²) in [5, 5.41) is 12.7. The minimum absolute atomic E-state index is 0.189. The lowest BCUT2D eigenvalue weighted by atomic mass is 10.1. The predicted molar refractivity (Wildman–Crippen MR) is 101 cm³/mol. The first kappa shape index (κ1) is 19.9. The van der Waals surface area contributed by atoms with Crippen molar-refractivity contribution in [1.82, 2.24) is 0 Å². The SMILES string of the molecule is CCOC(=O)CC1CC1c1ccc(OCCCNc2cccc[n+]2O)c(F)c1. The molecule has 2 N–H and O–H groups in total. The first-order valence-corrected chi connectivity index (χ1v) is 9.60. The quantitative estimate of drug-likeness (QED) is 0.282. The summed E-state index contributed by atoms with van der Waals surface area (Å²) >= 11 is 0. The predicted octanol–water partition coefficient (Wildman–Crippen LogP) is 3.29. The average Bonchev–Trinajstić information content (AvgIpc) is 3.43. The Morgan fingerprint density at radius 1 is 1.36 bits per heavy atom. The number of rotatable bonds is 10. The highest BCUT2D eigenvalue weighted by molar-refractivity contribution is 5.70. The molecule has 3 rings (SSSR count). The third-order valence-corrected chi connectivity index (χ3v) is 4.76. The van der Waals surface area contributed by atoms with E-state index in [1.54, 1.807) is 25.1 Å². The van der Waals surface area contributed by atoms with Crippen molar-refractivity contribution in [1.29, 1.82) is 0 Å². The van der Waals surface area contributed by atoms with Gasteiger partial charge in [0.1, 0.15) is 6.20 Å². The molecule has 6 nitrogen and oxygen atoms in total. The summed E-state index contributed by atoms with van der Waals surface area (Å²) in [6.07, 6.45) is 3.46. The van der Waals surface area contributed by atoms with E-state index in [4.69, 9.17) is 9.47 Å². The van der Waals surface area contributed by atoms with Crippen LogP contribution in [-0.2, 0) is 9.53 Å². The van der Waals surface area contributed by atoms with Crippen LogP contribution >= 0.6 is 0 Å². The molecule has 28 heavy (non-hydrogen) atoms. The number of esters is 1. The van der Waals surface area contributed by atoms with E-state index >= 15 is 0 Å². The van der Waals surface area contributed by atoms with E-state index in [1.807, 2.05) is 12.1 Å². The lowest BCUT2D eigenvalue weighted by Crippen LogP contribution is -2.33. The number of aromatic nitrogens is 1. The van der Waals surface area contributed by atoms with Gasteiger partial charge in [0, 0.05) is 18.9 Å². The van der Waals surface area contributed by atoms with Gasteiger partial charge in [-0.3, -0.25) is 10.1 Å². The van der Waals surface area contributed by atoms with Gasteiger partial charge < -0.3 is 14.7 Å². The maximum absolute atomic E-state index is 14.3. The van der Waals surface area contributed by atoms with Crippen molar-refractivity contribution >= 4 is 11.8 Å². The van der Waals surface area contributed by atoms with Crippen molar-refractivity contribution in [3.05, 3.63) is 54.0 Å². The molecule has 2 unspecified atom stereocenters. The van der Waals surface area contributed by atoms with Gasteiger partial charge in [-0.15, -0.1) is 0 Å². The third kappa shape index (κ3) is 5.34. The number of nitrogens with zero attached hydrogens (tertiary/aromatic N) is 1. The lowest BCUT2D eigenvalue weighted by Gasteiger charge is -2.09. The van der Waals surface area contributed by atoms with Crippen LogP contribution in [0.5, 0.6) is 5.75 Å². The molecule has 0 spiro atoms. The lowest BCUT2D eigenvalue weighted by molar-refractivity contribution is -0.893. The monoisotopic (exact) mass is 389 g/mol. The molecular formula is C21H26FN2O4+. The molecule has 0 amide bonds. The maximum atomic E-state index is 14.3. The number of carbonyl (C=O) groups excluding carboxylic acids is 1. The number of carbonyl (C=O) groups is 1. The summed E-state index contributed by atoms with van der Waals surface area (Å²) in [6, 6.07) is 10.3. The summed E-state index contributed by atoms with van der Waals surface area (Å²) in [6.45, 7) is 3.12. The second-order valence-electron chi connectivity index (χ2n) is 6.86. The van der Waals surface area contributed by atoms with Crippen LogP contribution in [0.25, 0.3) is 0 Å². The Labute approximate surface area is 163 Å². The Balaban J connectivity index is 1.41. The molecule has 2 aromatic rings. The van der Waals surface area contributed by atoms with Gasteiger partial charge in [0.05, 0.1) is 19.8 Å². The van der Waals surface area contributed by atoms with Gasteiger partial charge in [0.2, 0.25) is 0 Å². The van der Waals surface area contributed by atoms with E-state index in [2.05, 4.69) is 5.32 Å². The zero-order valence-corrected chi connectivity index (χ0v) is 15.9. The van der Waals surface area contributed by atoms with E-state index in [-0.39, 0.29) is 29.4 Å². The zero-order valence-electron chi connectivity index (χ0n) is 15.9. The topological polar surface area (TPSA) is 71.7 Å². The van der Waals surface area contributed by atoms with Crippen LogP contribution in [0.15, 0.2) is 42.6 Å². The molecule has 0 radical (unpaired) electrons. The number of anilines is 1. The van der Waals surface area contributed by atoms with Crippen LogP contribution < -0.4 is 14.8 Å². The van der Waals surface area contributed by atoms with Crippen LogP contribution in [0.1, 0.15) is 37.7 Å². The Hall–Kier alpha value is -2.83. The molecule has 1 heterocycles. The average molecular weight is 389 g/mol. The Kier molecular flexibility index (Phi) is 6.68. The largest absolute Gasteiger partial charge is 0.490 e. The van der Waals surface area contributed by atoms with Crippen molar-refractivity contribution in [2.45, 2.75) is 32.1 Å². The molecule has 0 aliphatic heterocycles. The summed E-state index contributed by atoms with van der Waals surface area (Å²) in [5.74, 6) is 0.689. The van der Waals surface area contributed by atoms with Gasteiger partial charge in [-0.25, -0.2) is 4.39 Å². The highest BCUT2D eigenvalue weighted by Crippen LogP contribution is 2.50. The standard InChI is InChI=1S/C21H25FN2O4/c1-2-27-21(25)14-16-12-17(16)15-7-8-19(18(22)13-15)28-11-5-9-23-20-6-3-4-10-24(20)26/h3-4,6-8,10,13,16-17,26H,2,5,9,11-12,14H2,1H3/p+1. The van der Waals surface area contributed by atoms with Crippen molar-refractivity contribution in [2.24, 2.45) is 5.92 Å². The van der Waals surface area contributed by atoms with Gasteiger partial charge in [-0.05, 0) is 48.9 Å². The van der Waals surface area contributed by atoms with Crippen molar-refractivity contribution in [3.8, 4) is 5.75 Å². The van der Waals surface area contributed by atoms with Crippen molar-refractivity contribution < 1.29 is 28.6 Å².